The first kappa shape index (κ1) is 10.3. The zero-order valence-electron chi connectivity index (χ0n) is 9.36. The Labute approximate surface area is 90.8 Å². The van der Waals surface area contributed by atoms with Gasteiger partial charge in [0.2, 0.25) is 0 Å². The van der Waals surface area contributed by atoms with Gasteiger partial charge in [0.1, 0.15) is 5.75 Å². The molecule has 0 heterocycles. The molecule has 0 amide bonds. The smallest absolute Gasteiger partial charge is 0.142 e. The molecule has 0 saturated heterocycles. The minimum Gasteiger partial charge on any atom is -0.495 e. The van der Waals surface area contributed by atoms with Gasteiger partial charge in [-0.2, -0.15) is 0 Å². The Balaban J connectivity index is 2.29. The van der Waals surface area contributed by atoms with Crippen molar-refractivity contribution >= 4 is 5.69 Å². The van der Waals surface area contributed by atoms with Crippen LogP contribution in [0.25, 0.3) is 0 Å². The molecule has 0 unspecified atom stereocenters. The summed E-state index contributed by atoms with van der Waals surface area (Å²) in [6.45, 7) is 0.710. The fraction of sp³-hybridized carbons (Fsp3) is 0.500. The Morgan fingerprint density at radius 3 is 2.60 bits per heavy atom. The Bertz CT molecular complexity index is 347. The number of rotatable bonds is 4. The molecule has 1 aliphatic carbocycles. The molecule has 1 aromatic carbocycles. The van der Waals surface area contributed by atoms with Gasteiger partial charge < -0.3 is 15.4 Å². The van der Waals surface area contributed by atoms with Crippen LogP contribution in [0.2, 0.25) is 0 Å². The summed E-state index contributed by atoms with van der Waals surface area (Å²) in [5, 5.41) is 0. The molecule has 1 saturated carbocycles. The average Bonchev–Trinajstić information content (AvgIpc) is 3.09. The summed E-state index contributed by atoms with van der Waals surface area (Å²) in [5.41, 5.74) is 7.12. The van der Waals surface area contributed by atoms with Crippen LogP contribution >= 0.6 is 0 Å². The summed E-state index contributed by atoms with van der Waals surface area (Å²) in [4.78, 5) is 2.26. The van der Waals surface area contributed by atoms with Crippen LogP contribution in [-0.2, 0) is 0 Å². The zero-order valence-corrected chi connectivity index (χ0v) is 9.36. The number of hydrogen-bond acceptors (Lipinski definition) is 3. The van der Waals surface area contributed by atoms with Crippen LogP contribution < -0.4 is 15.4 Å². The van der Waals surface area contributed by atoms with E-state index in [1.54, 1.807) is 7.11 Å². The van der Waals surface area contributed by atoms with Gasteiger partial charge >= 0.3 is 0 Å². The number of hydrogen-bond donors (Lipinski definition) is 1. The number of methoxy groups -OCH3 is 1. The number of ether oxygens (including phenoxy) is 1. The lowest BCUT2D eigenvalue weighted by Gasteiger charge is -2.30. The van der Waals surface area contributed by atoms with Crippen LogP contribution in [0.15, 0.2) is 24.3 Å². The Morgan fingerprint density at radius 2 is 2.07 bits per heavy atom. The molecule has 1 fully saturated rings. The number of para-hydroxylation sites is 2. The van der Waals surface area contributed by atoms with Crippen molar-refractivity contribution in [2.24, 2.45) is 5.73 Å². The van der Waals surface area contributed by atoms with Crippen molar-refractivity contribution in [1.29, 1.82) is 0 Å². The van der Waals surface area contributed by atoms with Crippen molar-refractivity contribution in [2.75, 3.05) is 25.6 Å². The van der Waals surface area contributed by atoms with E-state index in [-0.39, 0.29) is 5.54 Å². The molecule has 1 aliphatic rings. The Hall–Kier alpha value is -1.22. The van der Waals surface area contributed by atoms with E-state index in [0.29, 0.717) is 6.54 Å². The second-order valence-corrected chi connectivity index (χ2v) is 4.16. The molecule has 2 rings (SSSR count). The summed E-state index contributed by atoms with van der Waals surface area (Å²) >= 11 is 0. The lowest BCUT2D eigenvalue weighted by atomic mass is 10.2. The zero-order chi connectivity index (χ0) is 10.9. The monoisotopic (exact) mass is 206 g/mol. The summed E-state index contributed by atoms with van der Waals surface area (Å²) in [6.07, 6.45) is 2.36. The summed E-state index contributed by atoms with van der Waals surface area (Å²) in [6, 6.07) is 8.08. The molecule has 0 radical (unpaired) electrons. The van der Waals surface area contributed by atoms with Crippen molar-refractivity contribution in [3.8, 4) is 5.75 Å². The summed E-state index contributed by atoms with van der Waals surface area (Å²) in [7, 11) is 3.80. The van der Waals surface area contributed by atoms with Gasteiger partial charge in [-0.05, 0) is 25.0 Å². The molecule has 2 N–H and O–H groups in total. The van der Waals surface area contributed by atoms with Gasteiger partial charge in [-0.3, -0.25) is 0 Å². The van der Waals surface area contributed by atoms with E-state index < -0.39 is 0 Å². The standard InChI is InChI=1S/C12H18N2O/c1-14(12(9-13)7-8-12)10-5-3-4-6-11(10)15-2/h3-6H,7-9,13H2,1-2H3. The molecule has 0 bridgehead atoms. The topological polar surface area (TPSA) is 38.5 Å². The van der Waals surface area contributed by atoms with Crippen LogP contribution in [0.1, 0.15) is 12.8 Å². The highest BCUT2D eigenvalue weighted by atomic mass is 16.5. The first-order chi connectivity index (χ1) is 7.23. The van der Waals surface area contributed by atoms with Gasteiger partial charge in [0.25, 0.3) is 0 Å². The van der Waals surface area contributed by atoms with Crippen molar-refractivity contribution in [2.45, 2.75) is 18.4 Å². The fourth-order valence-corrected chi connectivity index (χ4v) is 1.98. The van der Waals surface area contributed by atoms with E-state index >= 15 is 0 Å². The summed E-state index contributed by atoms with van der Waals surface area (Å²) in [5.74, 6) is 0.916. The molecule has 0 spiro atoms. The molecule has 82 valence electrons. The quantitative estimate of drug-likeness (QED) is 0.813. The number of nitrogens with zero attached hydrogens (tertiary/aromatic N) is 1. The minimum atomic E-state index is 0.175. The lowest BCUT2D eigenvalue weighted by Crippen LogP contribution is -2.40. The van der Waals surface area contributed by atoms with E-state index in [0.717, 1.165) is 11.4 Å². The third kappa shape index (κ3) is 1.67. The van der Waals surface area contributed by atoms with Crippen LogP contribution in [0.3, 0.4) is 0 Å². The van der Waals surface area contributed by atoms with Crippen LogP contribution in [0.5, 0.6) is 5.75 Å². The second-order valence-electron chi connectivity index (χ2n) is 4.16. The van der Waals surface area contributed by atoms with Crippen molar-refractivity contribution < 1.29 is 4.74 Å². The van der Waals surface area contributed by atoms with Crippen LogP contribution in [-0.4, -0.2) is 26.2 Å². The van der Waals surface area contributed by atoms with Crippen LogP contribution in [0.4, 0.5) is 5.69 Å². The number of nitrogens with two attached hydrogens (primary N) is 1. The van der Waals surface area contributed by atoms with Gasteiger partial charge in [-0.15, -0.1) is 0 Å². The summed E-state index contributed by atoms with van der Waals surface area (Å²) < 4.78 is 5.35. The molecule has 15 heavy (non-hydrogen) atoms. The van der Waals surface area contributed by atoms with E-state index in [9.17, 15) is 0 Å². The maximum absolute atomic E-state index is 5.82. The Morgan fingerprint density at radius 1 is 1.40 bits per heavy atom. The third-order valence-electron chi connectivity index (χ3n) is 3.37. The third-order valence-corrected chi connectivity index (χ3v) is 3.37. The largest absolute Gasteiger partial charge is 0.495 e. The molecule has 3 nitrogen and oxygen atoms in total. The molecule has 0 aliphatic heterocycles. The van der Waals surface area contributed by atoms with E-state index in [2.05, 4.69) is 18.0 Å². The van der Waals surface area contributed by atoms with Gasteiger partial charge in [-0.25, -0.2) is 0 Å². The fourth-order valence-electron chi connectivity index (χ4n) is 1.98. The Kier molecular flexibility index (Phi) is 2.57. The molecular formula is C12H18N2O. The normalized spacial score (nSPS) is 17.3. The van der Waals surface area contributed by atoms with E-state index in [1.165, 1.54) is 12.8 Å². The molecule has 1 aromatic rings. The highest BCUT2D eigenvalue weighted by Gasteiger charge is 2.45. The van der Waals surface area contributed by atoms with Crippen molar-refractivity contribution in [3.63, 3.8) is 0 Å². The number of likely N-dealkylation sites (N-methyl/N-ethyl adjacent to an activating group) is 1. The lowest BCUT2D eigenvalue weighted by molar-refractivity contribution is 0.413. The van der Waals surface area contributed by atoms with Gasteiger partial charge in [0.05, 0.1) is 18.3 Å². The van der Waals surface area contributed by atoms with Gasteiger partial charge in [0, 0.05) is 13.6 Å². The molecule has 0 atom stereocenters. The SMILES string of the molecule is COc1ccccc1N(C)C1(CN)CC1. The van der Waals surface area contributed by atoms with Crippen molar-refractivity contribution in [1.82, 2.24) is 0 Å². The number of anilines is 1. The molecular weight excluding hydrogens is 188 g/mol. The first-order valence-corrected chi connectivity index (χ1v) is 5.30. The highest BCUT2D eigenvalue weighted by Crippen LogP contribution is 2.44. The maximum atomic E-state index is 5.82. The molecule has 3 heteroatoms. The maximum Gasteiger partial charge on any atom is 0.142 e. The molecule has 0 aromatic heterocycles. The predicted molar refractivity (Wildman–Crippen MR) is 62.4 cm³/mol. The van der Waals surface area contributed by atoms with E-state index in [4.69, 9.17) is 10.5 Å². The predicted octanol–water partition coefficient (Wildman–Crippen LogP) is 1.62. The number of benzene rings is 1. The second kappa shape index (κ2) is 3.74. The van der Waals surface area contributed by atoms with Crippen LogP contribution in [0, 0.1) is 0 Å². The van der Waals surface area contributed by atoms with Gasteiger partial charge in [0.15, 0.2) is 0 Å². The minimum absolute atomic E-state index is 0.175. The first-order valence-electron chi connectivity index (χ1n) is 5.30. The van der Waals surface area contributed by atoms with Gasteiger partial charge in [-0.1, -0.05) is 12.1 Å². The highest BCUT2D eigenvalue weighted by molar-refractivity contribution is 5.60. The van der Waals surface area contributed by atoms with E-state index in [1.807, 2.05) is 18.2 Å². The van der Waals surface area contributed by atoms with Crippen molar-refractivity contribution in [3.05, 3.63) is 24.3 Å². The average molecular weight is 206 g/mol.